The third-order valence-electron chi connectivity index (χ3n) is 3.38. The standard InChI is InChI=1S/C12H15F3N2O2S.ClH/c1-16-10-6-7-17(8-10)20(18,19)11-4-2-9(3-5-11)12(13,14)15;/h2-5,10,16H,6-8H2,1H3;1H. The van der Waals surface area contributed by atoms with Gasteiger partial charge in [-0.1, -0.05) is 0 Å². The third-order valence-corrected chi connectivity index (χ3v) is 5.26. The van der Waals surface area contributed by atoms with Crippen LogP contribution < -0.4 is 5.32 Å². The van der Waals surface area contributed by atoms with Crippen molar-refractivity contribution in [3.63, 3.8) is 0 Å². The van der Waals surface area contributed by atoms with E-state index in [0.717, 1.165) is 24.3 Å². The van der Waals surface area contributed by atoms with Crippen molar-refractivity contribution in [3.05, 3.63) is 29.8 Å². The minimum atomic E-state index is -4.47. The summed E-state index contributed by atoms with van der Waals surface area (Å²) >= 11 is 0. The monoisotopic (exact) mass is 344 g/mol. The molecule has 1 aromatic carbocycles. The number of halogens is 4. The van der Waals surface area contributed by atoms with Crippen molar-refractivity contribution >= 4 is 22.4 Å². The van der Waals surface area contributed by atoms with Crippen molar-refractivity contribution < 1.29 is 21.6 Å². The van der Waals surface area contributed by atoms with Gasteiger partial charge in [0.15, 0.2) is 0 Å². The van der Waals surface area contributed by atoms with Crippen LogP contribution >= 0.6 is 12.4 Å². The first-order valence-corrected chi connectivity index (χ1v) is 7.54. The third kappa shape index (κ3) is 3.88. The van der Waals surface area contributed by atoms with E-state index in [9.17, 15) is 21.6 Å². The molecule has 1 heterocycles. The predicted octanol–water partition coefficient (Wildman–Crippen LogP) is 2.11. The highest BCUT2D eigenvalue weighted by molar-refractivity contribution is 7.89. The molecule has 9 heteroatoms. The van der Waals surface area contributed by atoms with Gasteiger partial charge in [-0.3, -0.25) is 0 Å². The van der Waals surface area contributed by atoms with Gasteiger partial charge < -0.3 is 5.32 Å². The van der Waals surface area contributed by atoms with Crippen molar-refractivity contribution in [1.29, 1.82) is 0 Å². The van der Waals surface area contributed by atoms with Gasteiger partial charge in [-0.05, 0) is 37.7 Å². The summed E-state index contributed by atoms with van der Waals surface area (Å²) in [6.45, 7) is 0.703. The number of nitrogens with one attached hydrogen (secondary N) is 1. The Morgan fingerprint density at radius 1 is 1.24 bits per heavy atom. The number of hydrogen-bond acceptors (Lipinski definition) is 3. The smallest absolute Gasteiger partial charge is 0.316 e. The maximum Gasteiger partial charge on any atom is 0.416 e. The lowest BCUT2D eigenvalue weighted by molar-refractivity contribution is -0.137. The topological polar surface area (TPSA) is 49.4 Å². The molecular weight excluding hydrogens is 329 g/mol. The van der Waals surface area contributed by atoms with Gasteiger partial charge in [-0.2, -0.15) is 17.5 Å². The number of likely N-dealkylation sites (N-methyl/N-ethyl adjacent to an activating group) is 1. The summed E-state index contributed by atoms with van der Waals surface area (Å²) in [7, 11) is -1.97. The van der Waals surface area contributed by atoms with Crippen molar-refractivity contribution in [3.8, 4) is 0 Å². The highest BCUT2D eigenvalue weighted by Crippen LogP contribution is 2.30. The van der Waals surface area contributed by atoms with Gasteiger partial charge in [-0.15, -0.1) is 12.4 Å². The van der Waals surface area contributed by atoms with E-state index in [-0.39, 0.29) is 23.3 Å². The summed E-state index contributed by atoms with van der Waals surface area (Å²) in [4.78, 5) is -0.109. The highest BCUT2D eigenvalue weighted by Gasteiger charge is 2.34. The molecule has 0 spiro atoms. The zero-order chi connectivity index (χ0) is 15.0. The molecule has 0 radical (unpaired) electrons. The fourth-order valence-corrected chi connectivity index (χ4v) is 3.65. The number of nitrogens with zero attached hydrogens (tertiary/aromatic N) is 1. The van der Waals surface area contributed by atoms with Crippen molar-refractivity contribution in [2.45, 2.75) is 23.5 Å². The molecule has 0 bridgehead atoms. The van der Waals surface area contributed by atoms with E-state index in [0.29, 0.717) is 19.5 Å². The molecule has 1 saturated heterocycles. The van der Waals surface area contributed by atoms with E-state index in [1.807, 2.05) is 0 Å². The normalized spacial score (nSPS) is 20.3. The highest BCUT2D eigenvalue weighted by atomic mass is 35.5. The zero-order valence-electron chi connectivity index (χ0n) is 11.2. The predicted molar refractivity (Wildman–Crippen MR) is 74.9 cm³/mol. The van der Waals surface area contributed by atoms with Crippen LogP contribution in [0.25, 0.3) is 0 Å². The average Bonchev–Trinajstić information content (AvgIpc) is 2.87. The molecule has 1 aliphatic heterocycles. The minimum absolute atomic E-state index is 0. The Balaban J connectivity index is 0.00000220. The van der Waals surface area contributed by atoms with E-state index in [1.165, 1.54) is 4.31 Å². The molecule has 2 rings (SSSR count). The van der Waals surface area contributed by atoms with Gasteiger partial charge in [0.1, 0.15) is 0 Å². The molecule has 1 aromatic rings. The van der Waals surface area contributed by atoms with Crippen LogP contribution in [0.4, 0.5) is 13.2 Å². The van der Waals surface area contributed by atoms with Gasteiger partial charge in [0.05, 0.1) is 10.5 Å². The lowest BCUT2D eigenvalue weighted by atomic mass is 10.2. The van der Waals surface area contributed by atoms with Crippen LogP contribution in [0, 0.1) is 0 Å². The lowest BCUT2D eigenvalue weighted by Gasteiger charge is -2.17. The summed E-state index contributed by atoms with van der Waals surface area (Å²) in [6.07, 6.45) is -3.77. The second-order valence-corrected chi connectivity index (χ2v) is 6.60. The molecule has 1 fully saturated rings. The Morgan fingerprint density at radius 2 is 1.81 bits per heavy atom. The Bertz CT molecular complexity index is 575. The van der Waals surface area contributed by atoms with Crippen LogP contribution in [0.2, 0.25) is 0 Å². The summed E-state index contributed by atoms with van der Waals surface area (Å²) in [5.41, 5.74) is -0.856. The molecule has 21 heavy (non-hydrogen) atoms. The molecule has 120 valence electrons. The molecule has 1 N–H and O–H groups in total. The molecule has 0 saturated carbocycles. The molecule has 4 nitrogen and oxygen atoms in total. The number of benzene rings is 1. The molecule has 1 unspecified atom stereocenters. The maximum atomic E-state index is 12.4. The summed E-state index contributed by atoms with van der Waals surface area (Å²) in [5, 5.41) is 2.99. The van der Waals surface area contributed by atoms with Crippen LogP contribution in [0.5, 0.6) is 0 Å². The number of sulfonamides is 1. The second kappa shape index (κ2) is 6.51. The van der Waals surface area contributed by atoms with Crippen molar-refractivity contribution in [2.24, 2.45) is 0 Å². The molecule has 1 atom stereocenters. The lowest BCUT2D eigenvalue weighted by Crippen LogP contribution is -2.33. The SMILES string of the molecule is CNC1CCN(S(=O)(=O)c2ccc(C(F)(F)F)cc2)C1.Cl. The fourth-order valence-electron chi connectivity index (χ4n) is 2.15. The fraction of sp³-hybridized carbons (Fsp3) is 0.500. The quantitative estimate of drug-likeness (QED) is 0.913. The number of hydrogen-bond donors (Lipinski definition) is 1. The van der Waals surface area contributed by atoms with Crippen LogP contribution in [0.15, 0.2) is 29.2 Å². The first-order valence-electron chi connectivity index (χ1n) is 6.10. The maximum absolute atomic E-state index is 12.4. The minimum Gasteiger partial charge on any atom is -0.316 e. The van der Waals surface area contributed by atoms with Gasteiger partial charge >= 0.3 is 6.18 Å². The van der Waals surface area contributed by atoms with E-state index >= 15 is 0 Å². The van der Waals surface area contributed by atoms with Gasteiger partial charge in [0.2, 0.25) is 10.0 Å². The summed E-state index contributed by atoms with van der Waals surface area (Å²) < 4.78 is 63.2. The second-order valence-electron chi connectivity index (χ2n) is 4.66. The molecular formula is C12H16ClF3N2O2S. The van der Waals surface area contributed by atoms with E-state index < -0.39 is 21.8 Å². The van der Waals surface area contributed by atoms with Gasteiger partial charge in [0.25, 0.3) is 0 Å². The van der Waals surface area contributed by atoms with E-state index in [1.54, 1.807) is 7.05 Å². The van der Waals surface area contributed by atoms with Gasteiger partial charge in [0, 0.05) is 19.1 Å². The first-order chi connectivity index (χ1) is 9.25. The van der Waals surface area contributed by atoms with E-state index in [4.69, 9.17) is 0 Å². The molecule has 0 aromatic heterocycles. The first kappa shape index (κ1) is 18.2. The Morgan fingerprint density at radius 3 is 2.24 bits per heavy atom. The molecule has 1 aliphatic rings. The van der Waals surface area contributed by atoms with Crippen LogP contribution in [0.3, 0.4) is 0 Å². The average molecular weight is 345 g/mol. The van der Waals surface area contributed by atoms with Crippen LogP contribution in [0.1, 0.15) is 12.0 Å². The van der Waals surface area contributed by atoms with Crippen molar-refractivity contribution in [2.75, 3.05) is 20.1 Å². The number of rotatable bonds is 3. The molecule has 0 amide bonds. The van der Waals surface area contributed by atoms with Crippen molar-refractivity contribution in [1.82, 2.24) is 9.62 Å². The Labute approximate surface area is 127 Å². The summed E-state index contributed by atoms with van der Waals surface area (Å²) in [5.74, 6) is 0. The Hall–Kier alpha value is -0.830. The van der Waals surface area contributed by atoms with Crippen LogP contribution in [-0.4, -0.2) is 38.9 Å². The van der Waals surface area contributed by atoms with Gasteiger partial charge in [-0.25, -0.2) is 8.42 Å². The summed E-state index contributed by atoms with van der Waals surface area (Å²) in [6, 6.07) is 3.67. The Kier molecular flexibility index (Phi) is 5.65. The zero-order valence-corrected chi connectivity index (χ0v) is 12.9. The van der Waals surface area contributed by atoms with Crippen LogP contribution in [-0.2, 0) is 16.2 Å². The largest absolute Gasteiger partial charge is 0.416 e. The van der Waals surface area contributed by atoms with E-state index in [2.05, 4.69) is 5.32 Å². The number of alkyl halides is 3. The molecule has 0 aliphatic carbocycles.